The lowest BCUT2D eigenvalue weighted by Gasteiger charge is -2.07. The molecular formula is C11H16N2O3S. The standard InChI is InChI=1S/C11H16N2O3S/c1-9(14)13-11-5-3-10(4-6-11)12-7-8-17(2,15)16/h3-6,12H,7-8H2,1-2H3,(H,13,14). The quantitative estimate of drug-likeness (QED) is 0.827. The first-order valence-corrected chi connectivity index (χ1v) is 7.22. The van der Waals surface area contributed by atoms with E-state index in [4.69, 9.17) is 0 Å². The summed E-state index contributed by atoms with van der Waals surface area (Å²) in [5.74, 6) is -0.0248. The molecule has 0 aliphatic heterocycles. The van der Waals surface area contributed by atoms with Crippen molar-refractivity contribution in [2.75, 3.05) is 29.2 Å². The second kappa shape index (κ2) is 5.67. The average Bonchev–Trinajstić information content (AvgIpc) is 2.18. The number of rotatable bonds is 5. The molecule has 0 aliphatic carbocycles. The van der Waals surface area contributed by atoms with Crippen LogP contribution in [0.2, 0.25) is 0 Å². The number of carbonyl (C=O) groups excluding carboxylic acids is 1. The molecule has 5 nitrogen and oxygen atoms in total. The van der Waals surface area contributed by atoms with E-state index in [-0.39, 0.29) is 11.7 Å². The third-order valence-corrected chi connectivity index (χ3v) is 2.95. The maximum Gasteiger partial charge on any atom is 0.221 e. The maximum absolute atomic E-state index is 10.9. The minimum absolute atomic E-state index is 0.0977. The SMILES string of the molecule is CC(=O)Nc1ccc(NCCS(C)(=O)=O)cc1. The Bertz CT molecular complexity index is 480. The van der Waals surface area contributed by atoms with Gasteiger partial charge in [-0.3, -0.25) is 4.79 Å². The van der Waals surface area contributed by atoms with E-state index in [0.717, 1.165) is 5.69 Å². The van der Waals surface area contributed by atoms with Crippen LogP contribution in [0.1, 0.15) is 6.92 Å². The Morgan fingerprint density at radius 3 is 2.18 bits per heavy atom. The van der Waals surface area contributed by atoms with E-state index in [1.165, 1.54) is 13.2 Å². The van der Waals surface area contributed by atoms with Crippen molar-refractivity contribution in [1.82, 2.24) is 0 Å². The van der Waals surface area contributed by atoms with Gasteiger partial charge in [0.1, 0.15) is 9.84 Å². The fourth-order valence-electron chi connectivity index (χ4n) is 1.26. The second-order valence-corrected chi connectivity index (χ2v) is 6.07. The predicted molar refractivity (Wildman–Crippen MR) is 68.9 cm³/mol. The summed E-state index contributed by atoms with van der Waals surface area (Å²) >= 11 is 0. The van der Waals surface area contributed by atoms with Crippen LogP contribution in [0.5, 0.6) is 0 Å². The largest absolute Gasteiger partial charge is 0.384 e. The summed E-state index contributed by atoms with van der Waals surface area (Å²) in [6, 6.07) is 7.08. The monoisotopic (exact) mass is 256 g/mol. The minimum Gasteiger partial charge on any atom is -0.384 e. The summed E-state index contributed by atoms with van der Waals surface area (Å²) in [6.07, 6.45) is 1.20. The highest BCUT2D eigenvalue weighted by molar-refractivity contribution is 7.90. The predicted octanol–water partition coefficient (Wildman–Crippen LogP) is 1.10. The van der Waals surface area contributed by atoms with Crippen molar-refractivity contribution >= 4 is 27.1 Å². The Kier molecular flexibility index (Phi) is 4.51. The summed E-state index contributed by atoms with van der Waals surface area (Å²) in [4.78, 5) is 10.8. The van der Waals surface area contributed by atoms with Crippen molar-refractivity contribution in [3.8, 4) is 0 Å². The molecule has 0 aliphatic rings. The Balaban J connectivity index is 2.48. The van der Waals surface area contributed by atoms with Crippen LogP contribution in [0.4, 0.5) is 11.4 Å². The van der Waals surface area contributed by atoms with Crippen LogP contribution < -0.4 is 10.6 Å². The molecule has 0 unspecified atom stereocenters. The molecular weight excluding hydrogens is 240 g/mol. The van der Waals surface area contributed by atoms with Crippen LogP contribution in [0.25, 0.3) is 0 Å². The van der Waals surface area contributed by atoms with Gasteiger partial charge < -0.3 is 10.6 Å². The number of nitrogens with one attached hydrogen (secondary N) is 2. The molecule has 0 spiro atoms. The number of benzene rings is 1. The molecule has 2 N–H and O–H groups in total. The van der Waals surface area contributed by atoms with E-state index >= 15 is 0 Å². The van der Waals surface area contributed by atoms with Crippen molar-refractivity contribution in [2.24, 2.45) is 0 Å². The zero-order valence-electron chi connectivity index (χ0n) is 9.86. The first-order chi connectivity index (χ1) is 7.87. The summed E-state index contributed by atoms with van der Waals surface area (Å²) < 4.78 is 21.8. The zero-order chi connectivity index (χ0) is 12.9. The van der Waals surface area contributed by atoms with Gasteiger partial charge in [-0.2, -0.15) is 0 Å². The highest BCUT2D eigenvalue weighted by atomic mass is 32.2. The topological polar surface area (TPSA) is 75.3 Å². The van der Waals surface area contributed by atoms with E-state index < -0.39 is 9.84 Å². The van der Waals surface area contributed by atoms with E-state index in [9.17, 15) is 13.2 Å². The van der Waals surface area contributed by atoms with Crippen LogP contribution in [0.15, 0.2) is 24.3 Å². The molecule has 6 heteroatoms. The number of hydrogen-bond donors (Lipinski definition) is 2. The summed E-state index contributed by atoms with van der Waals surface area (Å²) in [5.41, 5.74) is 1.54. The fourth-order valence-corrected chi connectivity index (χ4v) is 1.73. The summed E-state index contributed by atoms with van der Waals surface area (Å²) in [5, 5.41) is 5.64. The molecule has 0 atom stereocenters. The Labute approximate surface area is 101 Å². The zero-order valence-corrected chi connectivity index (χ0v) is 10.7. The van der Waals surface area contributed by atoms with Crippen molar-refractivity contribution in [3.05, 3.63) is 24.3 Å². The molecule has 1 aromatic rings. The number of sulfone groups is 1. The van der Waals surface area contributed by atoms with Crippen LogP contribution in [-0.2, 0) is 14.6 Å². The fraction of sp³-hybridized carbons (Fsp3) is 0.364. The van der Waals surface area contributed by atoms with E-state index in [1.807, 2.05) is 0 Å². The van der Waals surface area contributed by atoms with Crippen molar-refractivity contribution in [3.63, 3.8) is 0 Å². The summed E-state index contributed by atoms with van der Waals surface area (Å²) in [7, 11) is -2.94. The van der Waals surface area contributed by atoms with Gasteiger partial charge in [-0.05, 0) is 24.3 Å². The van der Waals surface area contributed by atoms with E-state index in [2.05, 4.69) is 10.6 Å². The third kappa shape index (κ3) is 5.91. The van der Waals surface area contributed by atoms with Crippen LogP contribution in [0.3, 0.4) is 0 Å². The number of carbonyl (C=O) groups is 1. The molecule has 0 heterocycles. The molecule has 0 fully saturated rings. The average molecular weight is 256 g/mol. The van der Waals surface area contributed by atoms with Gasteiger partial charge in [0.15, 0.2) is 0 Å². The second-order valence-electron chi connectivity index (χ2n) is 3.82. The van der Waals surface area contributed by atoms with Gasteiger partial charge in [0.05, 0.1) is 5.75 Å². The number of hydrogen-bond acceptors (Lipinski definition) is 4. The number of amides is 1. The first-order valence-electron chi connectivity index (χ1n) is 5.16. The normalized spacial score (nSPS) is 10.9. The van der Waals surface area contributed by atoms with Crippen LogP contribution in [-0.4, -0.2) is 32.9 Å². The highest BCUT2D eigenvalue weighted by Gasteiger charge is 2.01. The molecule has 0 radical (unpaired) electrons. The van der Waals surface area contributed by atoms with E-state index in [1.54, 1.807) is 24.3 Å². The van der Waals surface area contributed by atoms with Gasteiger partial charge in [-0.25, -0.2) is 8.42 Å². The molecule has 1 rings (SSSR count). The molecule has 17 heavy (non-hydrogen) atoms. The van der Waals surface area contributed by atoms with Crippen LogP contribution in [0, 0.1) is 0 Å². The molecule has 1 aromatic carbocycles. The van der Waals surface area contributed by atoms with Gasteiger partial charge in [0.25, 0.3) is 0 Å². The Morgan fingerprint density at radius 1 is 1.18 bits per heavy atom. The smallest absolute Gasteiger partial charge is 0.221 e. The van der Waals surface area contributed by atoms with Crippen LogP contribution >= 0.6 is 0 Å². The molecule has 1 amide bonds. The minimum atomic E-state index is -2.94. The summed E-state index contributed by atoms with van der Waals surface area (Å²) in [6.45, 7) is 1.82. The molecule has 94 valence electrons. The Hall–Kier alpha value is -1.56. The molecule has 0 bridgehead atoms. The van der Waals surface area contributed by atoms with Gasteiger partial charge >= 0.3 is 0 Å². The van der Waals surface area contributed by atoms with Crippen molar-refractivity contribution in [1.29, 1.82) is 0 Å². The van der Waals surface area contributed by atoms with Gasteiger partial charge in [-0.1, -0.05) is 0 Å². The Morgan fingerprint density at radius 2 is 1.71 bits per heavy atom. The first kappa shape index (κ1) is 13.5. The van der Waals surface area contributed by atoms with Gasteiger partial charge in [0, 0.05) is 31.1 Å². The number of anilines is 2. The third-order valence-electron chi connectivity index (χ3n) is 2.01. The van der Waals surface area contributed by atoms with E-state index in [0.29, 0.717) is 12.2 Å². The highest BCUT2D eigenvalue weighted by Crippen LogP contribution is 2.13. The van der Waals surface area contributed by atoms with Gasteiger partial charge in [0.2, 0.25) is 5.91 Å². The molecule has 0 aromatic heterocycles. The van der Waals surface area contributed by atoms with Gasteiger partial charge in [-0.15, -0.1) is 0 Å². The molecule has 0 saturated carbocycles. The maximum atomic E-state index is 10.9. The lowest BCUT2D eigenvalue weighted by atomic mass is 10.3. The lowest BCUT2D eigenvalue weighted by Crippen LogP contribution is -2.14. The molecule has 0 saturated heterocycles. The van der Waals surface area contributed by atoms with Crippen molar-refractivity contribution < 1.29 is 13.2 Å². The van der Waals surface area contributed by atoms with Crippen molar-refractivity contribution in [2.45, 2.75) is 6.92 Å². The lowest BCUT2D eigenvalue weighted by molar-refractivity contribution is -0.114.